The molecule has 1 aliphatic carbocycles. The number of fused-ring (bicyclic) bond motifs is 1. The summed E-state index contributed by atoms with van der Waals surface area (Å²) in [7, 11) is 0. The van der Waals surface area contributed by atoms with Crippen LogP contribution in [0.5, 0.6) is 11.5 Å². The van der Waals surface area contributed by atoms with Crippen molar-refractivity contribution in [1.82, 2.24) is 19.8 Å². The lowest BCUT2D eigenvalue weighted by Crippen LogP contribution is -2.59. The molecule has 2 aromatic carbocycles. The van der Waals surface area contributed by atoms with Gasteiger partial charge in [-0.3, -0.25) is 14.6 Å². The van der Waals surface area contributed by atoms with E-state index in [4.69, 9.17) is 4.74 Å². The molecule has 1 saturated carbocycles. The fraction of sp³-hybridized carbons (Fsp3) is 0.394. The summed E-state index contributed by atoms with van der Waals surface area (Å²) in [6.45, 7) is 6.59. The number of aromatic amines is 1. The lowest BCUT2D eigenvalue weighted by molar-refractivity contribution is -0.0355. The number of hydrogen-bond donors (Lipinski definition) is 1. The van der Waals surface area contributed by atoms with Crippen molar-refractivity contribution in [3.05, 3.63) is 83.7 Å². The molecule has 3 aliphatic rings. The SMILES string of the molecule is O=Cc1ccc(N2CCC3(CC2)CC(N2CCN(Cc4ccc(F)c(F)c4)CC2)C3)cc1Oc1cnc2[nH]ccc2c1. The van der Waals surface area contributed by atoms with Crippen molar-refractivity contribution in [1.29, 1.82) is 0 Å². The number of H-pyrrole nitrogens is 1. The Balaban J connectivity index is 0.915. The number of rotatable bonds is 7. The van der Waals surface area contributed by atoms with Gasteiger partial charge < -0.3 is 14.6 Å². The maximum Gasteiger partial charge on any atom is 0.159 e. The first-order chi connectivity index (χ1) is 20.5. The number of pyridine rings is 1. The van der Waals surface area contributed by atoms with Gasteiger partial charge in [0.05, 0.1) is 11.8 Å². The van der Waals surface area contributed by atoms with Crippen molar-refractivity contribution >= 4 is 23.0 Å². The number of piperidine rings is 1. The second-order valence-electron chi connectivity index (χ2n) is 12.1. The van der Waals surface area contributed by atoms with Gasteiger partial charge in [0, 0.05) is 75.2 Å². The summed E-state index contributed by atoms with van der Waals surface area (Å²) in [4.78, 5) is 26.6. The molecule has 4 aromatic rings. The minimum atomic E-state index is -0.790. The van der Waals surface area contributed by atoms with Gasteiger partial charge in [-0.05, 0) is 73.1 Å². The van der Waals surface area contributed by atoms with Crippen LogP contribution in [-0.2, 0) is 6.54 Å². The van der Waals surface area contributed by atoms with Gasteiger partial charge in [0.25, 0.3) is 0 Å². The Bertz CT molecular complexity index is 1580. The minimum Gasteiger partial charge on any atom is -0.455 e. The molecule has 4 heterocycles. The van der Waals surface area contributed by atoms with E-state index in [1.807, 2.05) is 36.5 Å². The molecule has 0 bridgehead atoms. The first kappa shape index (κ1) is 27.0. The highest BCUT2D eigenvalue weighted by atomic mass is 19.2. The van der Waals surface area contributed by atoms with Crippen LogP contribution >= 0.6 is 0 Å². The number of nitrogens with one attached hydrogen (secondary N) is 1. The van der Waals surface area contributed by atoms with Crippen molar-refractivity contribution in [3.63, 3.8) is 0 Å². The lowest BCUT2D eigenvalue weighted by Gasteiger charge is -2.56. The van der Waals surface area contributed by atoms with Gasteiger partial charge in [-0.25, -0.2) is 13.8 Å². The van der Waals surface area contributed by atoms with Crippen molar-refractivity contribution in [2.45, 2.75) is 38.3 Å². The highest BCUT2D eigenvalue weighted by Gasteiger charge is 2.48. The minimum absolute atomic E-state index is 0.420. The molecule has 2 aliphatic heterocycles. The Labute approximate surface area is 244 Å². The first-order valence-electron chi connectivity index (χ1n) is 14.8. The van der Waals surface area contributed by atoms with Gasteiger partial charge in [0.15, 0.2) is 17.9 Å². The first-order valence-corrected chi connectivity index (χ1v) is 14.8. The van der Waals surface area contributed by atoms with Crippen LogP contribution in [0.1, 0.15) is 41.6 Å². The molecule has 1 N–H and O–H groups in total. The molecule has 3 fully saturated rings. The van der Waals surface area contributed by atoms with Gasteiger partial charge >= 0.3 is 0 Å². The summed E-state index contributed by atoms with van der Waals surface area (Å²) >= 11 is 0. The maximum absolute atomic E-state index is 13.6. The van der Waals surface area contributed by atoms with Crippen molar-refractivity contribution in [2.75, 3.05) is 44.2 Å². The van der Waals surface area contributed by atoms with E-state index >= 15 is 0 Å². The summed E-state index contributed by atoms with van der Waals surface area (Å²) in [5.74, 6) is -0.410. The number of aldehydes is 1. The van der Waals surface area contributed by atoms with E-state index in [1.165, 1.54) is 37.8 Å². The van der Waals surface area contributed by atoms with Gasteiger partial charge in [0.1, 0.15) is 17.1 Å². The van der Waals surface area contributed by atoms with Crippen LogP contribution in [0.4, 0.5) is 14.5 Å². The van der Waals surface area contributed by atoms with E-state index in [1.54, 1.807) is 12.3 Å². The zero-order chi connectivity index (χ0) is 28.7. The van der Waals surface area contributed by atoms with Gasteiger partial charge in [-0.1, -0.05) is 6.07 Å². The van der Waals surface area contributed by atoms with Crippen LogP contribution < -0.4 is 9.64 Å². The summed E-state index contributed by atoms with van der Waals surface area (Å²) in [5.41, 5.74) is 3.65. The predicted molar refractivity (Wildman–Crippen MR) is 158 cm³/mol. The van der Waals surface area contributed by atoms with Crippen molar-refractivity contribution in [2.24, 2.45) is 5.41 Å². The molecule has 9 heteroatoms. The number of aromatic nitrogens is 2. The molecule has 1 spiro atoms. The van der Waals surface area contributed by atoms with Crippen LogP contribution in [0.25, 0.3) is 11.0 Å². The second-order valence-corrected chi connectivity index (χ2v) is 12.1. The van der Waals surface area contributed by atoms with E-state index in [9.17, 15) is 13.6 Å². The number of nitrogens with zero attached hydrogens (tertiary/aromatic N) is 4. The zero-order valence-electron chi connectivity index (χ0n) is 23.6. The summed E-state index contributed by atoms with van der Waals surface area (Å²) < 4.78 is 33.0. The second kappa shape index (κ2) is 11.1. The highest BCUT2D eigenvalue weighted by molar-refractivity contribution is 5.81. The number of hydrogen-bond acceptors (Lipinski definition) is 6. The third-order valence-electron chi connectivity index (χ3n) is 9.57. The molecular formula is C33H35F2N5O2. The van der Waals surface area contributed by atoms with E-state index in [-0.39, 0.29) is 0 Å². The molecule has 2 saturated heterocycles. The molecule has 0 radical (unpaired) electrons. The number of benzene rings is 2. The van der Waals surface area contributed by atoms with E-state index < -0.39 is 11.6 Å². The molecule has 0 unspecified atom stereocenters. The molecule has 2 aromatic heterocycles. The monoisotopic (exact) mass is 571 g/mol. The molecule has 0 atom stereocenters. The Kier molecular flexibility index (Phi) is 7.15. The van der Waals surface area contributed by atoms with Gasteiger partial charge in [-0.15, -0.1) is 0 Å². The van der Waals surface area contributed by atoms with E-state index in [2.05, 4.69) is 24.7 Å². The third kappa shape index (κ3) is 5.39. The average molecular weight is 572 g/mol. The van der Waals surface area contributed by atoms with Crippen LogP contribution in [-0.4, -0.2) is 71.4 Å². The fourth-order valence-corrected chi connectivity index (χ4v) is 7.04. The number of halogens is 2. The Morgan fingerprint density at radius 3 is 2.52 bits per heavy atom. The van der Waals surface area contributed by atoms with Gasteiger partial charge in [-0.2, -0.15) is 0 Å². The predicted octanol–water partition coefficient (Wildman–Crippen LogP) is 6.01. The van der Waals surface area contributed by atoms with E-state index in [0.717, 1.165) is 67.8 Å². The van der Waals surface area contributed by atoms with Crippen LogP contribution in [0.15, 0.2) is 60.9 Å². The molecule has 7 nitrogen and oxygen atoms in total. The summed E-state index contributed by atoms with van der Waals surface area (Å²) in [6.07, 6.45) is 9.18. The largest absolute Gasteiger partial charge is 0.455 e. The normalized spacial score (nSPS) is 19.7. The fourth-order valence-electron chi connectivity index (χ4n) is 7.04. The standard InChI is InChI=1S/C33H35F2N5O2/c34-29-4-1-23(15-30(29)35)21-38-11-13-40(14-12-38)27-18-33(19-27)6-9-39(10-7-33)26-3-2-25(22-41)31(17-26)42-28-16-24-5-8-36-32(24)37-20-28/h1-5,8,15-17,20,22,27H,6-7,9-14,18-19,21H2,(H,36,37). The van der Waals surface area contributed by atoms with Crippen molar-refractivity contribution in [3.8, 4) is 11.5 Å². The Hall–Kier alpha value is -3.82. The number of ether oxygens (including phenoxy) is 1. The molecular weight excluding hydrogens is 536 g/mol. The number of carbonyl (C=O) groups excluding carboxylic acids is 1. The van der Waals surface area contributed by atoms with E-state index in [0.29, 0.717) is 35.1 Å². The number of piperazine rings is 1. The smallest absolute Gasteiger partial charge is 0.159 e. The third-order valence-corrected chi connectivity index (χ3v) is 9.57. The van der Waals surface area contributed by atoms with Crippen LogP contribution in [0.3, 0.4) is 0 Å². The average Bonchev–Trinajstić information content (AvgIpc) is 3.46. The Morgan fingerprint density at radius 2 is 1.76 bits per heavy atom. The quantitative estimate of drug-likeness (QED) is 0.274. The molecule has 218 valence electrons. The zero-order valence-corrected chi connectivity index (χ0v) is 23.6. The molecule has 42 heavy (non-hydrogen) atoms. The van der Waals surface area contributed by atoms with Crippen LogP contribution in [0.2, 0.25) is 0 Å². The summed E-state index contributed by atoms with van der Waals surface area (Å²) in [5, 5.41) is 0.958. The highest BCUT2D eigenvalue weighted by Crippen LogP contribution is 2.51. The van der Waals surface area contributed by atoms with Crippen molar-refractivity contribution < 1.29 is 18.3 Å². The lowest BCUT2D eigenvalue weighted by atomic mass is 9.60. The van der Waals surface area contributed by atoms with Gasteiger partial charge in [0.2, 0.25) is 0 Å². The number of anilines is 1. The molecule has 7 rings (SSSR count). The summed E-state index contributed by atoms with van der Waals surface area (Å²) in [6, 6.07) is 14.6. The maximum atomic E-state index is 13.6. The van der Waals surface area contributed by atoms with Crippen LogP contribution in [0, 0.1) is 17.0 Å². The Morgan fingerprint density at radius 1 is 0.952 bits per heavy atom. The molecule has 0 amide bonds. The number of carbonyl (C=O) groups is 1. The topological polar surface area (TPSA) is 64.7 Å².